The Morgan fingerprint density at radius 2 is 1.64 bits per heavy atom. The zero-order valence-electron chi connectivity index (χ0n) is 14.2. The van der Waals surface area contributed by atoms with E-state index in [2.05, 4.69) is 6.58 Å². The van der Waals surface area contributed by atoms with Gasteiger partial charge in [0.25, 0.3) is 0 Å². The van der Waals surface area contributed by atoms with Crippen LogP contribution in [0.5, 0.6) is 5.75 Å². The first-order valence-electron chi connectivity index (χ1n) is 8.47. The molecule has 0 N–H and O–H groups in total. The molecule has 132 valence electrons. The maximum atomic E-state index is 13.8. The van der Waals surface area contributed by atoms with E-state index in [0.717, 1.165) is 37.0 Å². The smallest absolute Gasteiger partial charge is 0.330 e. The third-order valence-electron chi connectivity index (χ3n) is 3.76. The number of hydrogen-bond acceptors (Lipinski definition) is 3. The van der Waals surface area contributed by atoms with E-state index in [-0.39, 0.29) is 11.8 Å². The lowest BCUT2D eigenvalue weighted by Crippen LogP contribution is -2.02. The zero-order chi connectivity index (χ0) is 17.9. The van der Waals surface area contributed by atoms with Crippen LogP contribution in [-0.2, 0) is 9.53 Å². The van der Waals surface area contributed by atoms with Crippen LogP contribution < -0.4 is 4.74 Å². The number of rotatable bonds is 10. The first kappa shape index (κ1) is 18.7. The molecule has 0 atom stereocenters. The minimum atomic E-state index is -0.373. The molecule has 2 aromatic carbocycles. The van der Waals surface area contributed by atoms with E-state index in [4.69, 9.17) is 9.47 Å². The molecule has 0 bridgehead atoms. The fraction of sp³-hybridized carbons (Fsp3) is 0.286. The van der Waals surface area contributed by atoms with Gasteiger partial charge in [0.15, 0.2) is 0 Å². The predicted molar refractivity (Wildman–Crippen MR) is 97.0 cm³/mol. The summed E-state index contributed by atoms with van der Waals surface area (Å²) in [6.45, 7) is 4.41. The van der Waals surface area contributed by atoms with E-state index in [1.165, 1.54) is 12.1 Å². The second kappa shape index (κ2) is 10.3. The summed E-state index contributed by atoms with van der Waals surface area (Å²) in [5, 5.41) is 0. The van der Waals surface area contributed by atoms with Gasteiger partial charge < -0.3 is 9.47 Å². The van der Waals surface area contributed by atoms with Crippen LogP contribution in [0.3, 0.4) is 0 Å². The Balaban J connectivity index is 1.64. The van der Waals surface area contributed by atoms with Crippen molar-refractivity contribution in [1.29, 1.82) is 0 Å². The Labute approximate surface area is 148 Å². The van der Waals surface area contributed by atoms with Crippen molar-refractivity contribution >= 4 is 5.97 Å². The molecule has 0 unspecified atom stereocenters. The molecule has 0 saturated carbocycles. The molecule has 0 spiro atoms. The summed E-state index contributed by atoms with van der Waals surface area (Å²) < 4.78 is 24.4. The molecule has 0 saturated heterocycles. The SMILES string of the molecule is C=CC(=O)OCCCCCCOc1ccc(-c2ccccc2F)cc1. The molecule has 0 aliphatic heterocycles. The molecule has 0 heterocycles. The van der Waals surface area contributed by atoms with Gasteiger partial charge in [-0.05, 0) is 49.4 Å². The zero-order valence-corrected chi connectivity index (χ0v) is 14.2. The first-order chi connectivity index (χ1) is 12.2. The topological polar surface area (TPSA) is 35.5 Å². The lowest BCUT2D eigenvalue weighted by Gasteiger charge is -2.08. The molecule has 0 aliphatic rings. The van der Waals surface area contributed by atoms with Gasteiger partial charge >= 0.3 is 5.97 Å². The second-order valence-corrected chi connectivity index (χ2v) is 5.64. The van der Waals surface area contributed by atoms with Gasteiger partial charge in [-0.3, -0.25) is 0 Å². The summed E-state index contributed by atoms with van der Waals surface area (Å²) in [5.41, 5.74) is 1.42. The van der Waals surface area contributed by atoms with Crippen LogP contribution in [0.4, 0.5) is 4.39 Å². The van der Waals surface area contributed by atoms with E-state index in [1.54, 1.807) is 12.1 Å². The quantitative estimate of drug-likeness (QED) is 0.340. The number of unbranched alkanes of at least 4 members (excludes halogenated alkanes) is 3. The molecule has 2 rings (SSSR count). The minimum absolute atomic E-state index is 0.227. The standard InChI is InChI=1S/C21H23FO3/c1-2-21(23)25-16-8-4-3-7-15-24-18-13-11-17(12-14-18)19-9-5-6-10-20(19)22/h2,5-6,9-14H,1,3-4,7-8,15-16H2. The van der Waals surface area contributed by atoms with Crippen molar-refractivity contribution in [3.8, 4) is 16.9 Å². The summed E-state index contributed by atoms with van der Waals surface area (Å²) in [6.07, 6.45) is 4.95. The number of ether oxygens (including phenoxy) is 2. The van der Waals surface area contributed by atoms with Crippen molar-refractivity contribution in [2.24, 2.45) is 0 Å². The lowest BCUT2D eigenvalue weighted by atomic mass is 10.1. The molecule has 0 aliphatic carbocycles. The van der Waals surface area contributed by atoms with Crippen LogP contribution in [0.1, 0.15) is 25.7 Å². The molecule has 3 nitrogen and oxygen atoms in total. The Hall–Kier alpha value is -2.62. The van der Waals surface area contributed by atoms with Crippen molar-refractivity contribution in [2.75, 3.05) is 13.2 Å². The molecule has 4 heteroatoms. The van der Waals surface area contributed by atoms with Crippen LogP contribution in [0, 0.1) is 5.82 Å². The van der Waals surface area contributed by atoms with Gasteiger partial charge in [-0.1, -0.05) is 36.9 Å². The second-order valence-electron chi connectivity index (χ2n) is 5.64. The van der Waals surface area contributed by atoms with Gasteiger partial charge in [-0.25, -0.2) is 9.18 Å². The van der Waals surface area contributed by atoms with Gasteiger partial charge in [0.05, 0.1) is 13.2 Å². The molecular formula is C21H23FO3. The molecule has 0 fully saturated rings. The highest BCUT2D eigenvalue weighted by Gasteiger charge is 2.04. The molecule has 0 amide bonds. The highest BCUT2D eigenvalue weighted by Crippen LogP contribution is 2.24. The molecule has 0 radical (unpaired) electrons. The Morgan fingerprint density at radius 3 is 2.32 bits per heavy atom. The minimum Gasteiger partial charge on any atom is -0.494 e. The number of esters is 1. The van der Waals surface area contributed by atoms with Crippen molar-refractivity contribution in [1.82, 2.24) is 0 Å². The lowest BCUT2D eigenvalue weighted by molar-refractivity contribution is -0.137. The summed E-state index contributed by atoms with van der Waals surface area (Å²) in [5.74, 6) is 0.178. The number of halogens is 1. The molecular weight excluding hydrogens is 319 g/mol. The maximum Gasteiger partial charge on any atom is 0.330 e. The fourth-order valence-electron chi connectivity index (χ4n) is 2.41. The third kappa shape index (κ3) is 6.42. The Bertz CT molecular complexity index is 680. The van der Waals surface area contributed by atoms with Crippen LogP contribution in [0.15, 0.2) is 61.2 Å². The highest BCUT2D eigenvalue weighted by atomic mass is 19.1. The van der Waals surface area contributed by atoms with Crippen molar-refractivity contribution in [3.05, 3.63) is 67.0 Å². The van der Waals surface area contributed by atoms with E-state index >= 15 is 0 Å². The number of carbonyl (C=O) groups is 1. The van der Waals surface area contributed by atoms with E-state index in [9.17, 15) is 9.18 Å². The van der Waals surface area contributed by atoms with Gasteiger partial charge in [-0.2, -0.15) is 0 Å². The van der Waals surface area contributed by atoms with E-state index in [0.29, 0.717) is 18.8 Å². The van der Waals surface area contributed by atoms with Gasteiger partial charge in [-0.15, -0.1) is 0 Å². The van der Waals surface area contributed by atoms with Gasteiger partial charge in [0.2, 0.25) is 0 Å². The summed E-state index contributed by atoms with van der Waals surface area (Å²) in [7, 11) is 0. The van der Waals surface area contributed by atoms with Gasteiger partial charge in [0, 0.05) is 11.6 Å². The highest BCUT2D eigenvalue weighted by molar-refractivity contribution is 5.81. The maximum absolute atomic E-state index is 13.8. The summed E-state index contributed by atoms with van der Waals surface area (Å²) in [4.78, 5) is 10.9. The Morgan fingerprint density at radius 1 is 0.960 bits per heavy atom. The monoisotopic (exact) mass is 342 g/mol. The van der Waals surface area contributed by atoms with Crippen LogP contribution in [-0.4, -0.2) is 19.2 Å². The third-order valence-corrected chi connectivity index (χ3v) is 3.76. The number of carbonyl (C=O) groups excluding carboxylic acids is 1. The summed E-state index contributed by atoms with van der Waals surface area (Å²) >= 11 is 0. The Kier molecular flexibility index (Phi) is 7.70. The number of hydrogen-bond donors (Lipinski definition) is 0. The average Bonchev–Trinajstić information content (AvgIpc) is 2.64. The van der Waals surface area contributed by atoms with Gasteiger partial charge in [0.1, 0.15) is 11.6 Å². The first-order valence-corrected chi connectivity index (χ1v) is 8.47. The average molecular weight is 342 g/mol. The largest absolute Gasteiger partial charge is 0.494 e. The molecule has 0 aromatic heterocycles. The van der Waals surface area contributed by atoms with Crippen LogP contribution >= 0.6 is 0 Å². The van der Waals surface area contributed by atoms with Crippen LogP contribution in [0.2, 0.25) is 0 Å². The van der Waals surface area contributed by atoms with E-state index < -0.39 is 0 Å². The van der Waals surface area contributed by atoms with E-state index in [1.807, 2.05) is 30.3 Å². The molecule has 2 aromatic rings. The summed E-state index contributed by atoms with van der Waals surface area (Å²) in [6, 6.07) is 14.2. The predicted octanol–water partition coefficient (Wildman–Crippen LogP) is 5.16. The fourth-order valence-corrected chi connectivity index (χ4v) is 2.41. The van der Waals surface area contributed by atoms with Crippen molar-refractivity contribution in [3.63, 3.8) is 0 Å². The normalized spacial score (nSPS) is 10.3. The van der Waals surface area contributed by atoms with Crippen LogP contribution in [0.25, 0.3) is 11.1 Å². The van der Waals surface area contributed by atoms with Crippen molar-refractivity contribution < 1.29 is 18.7 Å². The van der Waals surface area contributed by atoms with Crippen molar-refractivity contribution in [2.45, 2.75) is 25.7 Å². The molecule has 25 heavy (non-hydrogen) atoms. The number of benzene rings is 2.